The van der Waals surface area contributed by atoms with E-state index in [1.54, 1.807) is 30.1 Å². The Balaban J connectivity index is 1.53. The van der Waals surface area contributed by atoms with E-state index in [1.807, 2.05) is 25.1 Å². The van der Waals surface area contributed by atoms with Crippen molar-refractivity contribution in [2.45, 2.75) is 31.8 Å². The first-order chi connectivity index (χ1) is 12.6. The van der Waals surface area contributed by atoms with Gasteiger partial charge in [-0.1, -0.05) is 36.4 Å². The molecule has 1 heterocycles. The van der Waals surface area contributed by atoms with E-state index < -0.39 is 0 Å². The largest absolute Gasteiger partial charge is 0.371 e. The van der Waals surface area contributed by atoms with Crippen LogP contribution >= 0.6 is 0 Å². The summed E-state index contributed by atoms with van der Waals surface area (Å²) in [7, 11) is 1.71. The van der Waals surface area contributed by atoms with Gasteiger partial charge in [-0.3, -0.25) is 0 Å². The van der Waals surface area contributed by atoms with Gasteiger partial charge in [0.25, 0.3) is 0 Å². The normalized spacial score (nSPS) is 16.2. The van der Waals surface area contributed by atoms with Crippen LogP contribution in [0.15, 0.2) is 54.6 Å². The van der Waals surface area contributed by atoms with Crippen LogP contribution in [-0.4, -0.2) is 37.1 Å². The summed E-state index contributed by atoms with van der Waals surface area (Å²) < 4.78 is 14.0. The number of nitrogens with zero attached hydrogens (tertiary/aromatic N) is 2. The maximum Gasteiger partial charge on any atom is 0.317 e. The zero-order chi connectivity index (χ0) is 18.5. The predicted octanol–water partition coefficient (Wildman–Crippen LogP) is 4.20. The average molecular weight is 355 g/mol. The second-order valence-corrected chi connectivity index (χ2v) is 6.85. The van der Waals surface area contributed by atoms with E-state index in [0.717, 1.165) is 25.9 Å². The van der Waals surface area contributed by atoms with Crippen molar-refractivity contribution in [1.29, 1.82) is 0 Å². The van der Waals surface area contributed by atoms with E-state index in [9.17, 15) is 9.18 Å². The van der Waals surface area contributed by atoms with Crippen molar-refractivity contribution < 1.29 is 9.18 Å². The summed E-state index contributed by atoms with van der Waals surface area (Å²) in [4.78, 5) is 16.5. The predicted molar refractivity (Wildman–Crippen MR) is 103 cm³/mol. The summed E-state index contributed by atoms with van der Waals surface area (Å²) in [5.74, 6) is -0.282. The molecule has 4 nitrogen and oxygen atoms in total. The monoisotopic (exact) mass is 355 g/mol. The van der Waals surface area contributed by atoms with E-state index in [1.165, 1.54) is 11.8 Å². The minimum absolute atomic E-state index is 0.151. The molecule has 26 heavy (non-hydrogen) atoms. The second kappa shape index (κ2) is 8.21. The van der Waals surface area contributed by atoms with Gasteiger partial charge in [0.15, 0.2) is 0 Å². The van der Waals surface area contributed by atoms with Crippen molar-refractivity contribution in [2.75, 3.05) is 25.0 Å². The Hall–Kier alpha value is -2.56. The number of urea groups is 1. The summed E-state index contributed by atoms with van der Waals surface area (Å²) in [6, 6.07) is 16.6. The minimum Gasteiger partial charge on any atom is -0.371 e. The zero-order valence-electron chi connectivity index (χ0n) is 15.4. The number of para-hydroxylation sites is 1. The maximum atomic E-state index is 14.0. The molecule has 2 amide bonds. The van der Waals surface area contributed by atoms with Crippen LogP contribution in [0.3, 0.4) is 0 Å². The van der Waals surface area contributed by atoms with Gasteiger partial charge in [0.05, 0.1) is 6.04 Å². The third kappa shape index (κ3) is 4.15. The topological polar surface area (TPSA) is 35.6 Å². The van der Waals surface area contributed by atoms with Crippen LogP contribution in [0, 0.1) is 5.82 Å². The van der Waals surface area contributed by atoms with Crippen molar-refractivity contribution in [3.63, 3.8) is 0 Å². The Morgan fingerprint density at radius 1 is 1.12 bits per heavy atom. The van der Waals surface area contributed by atoms with Gasteiger partial charge in [-0.2, -0.15) is 0 Å². The highest BCUT2D eigenvalue weighted by atomic mass is 19.1. The molecule has 0 bridgehead atoms. The van der Waals surface area contributed by atoms with Gasteiger partial charge in [0, 0.05) is 37.4 Å². The fourth-order valence-corrected chi connectivity index (χ4v) is 3.40. The molecule has 5 heteroatoms. The highest BCUT2D eigenvalue weighted by Crippen LogP contribution is 2.23. The zero-order valence-corrected chi connectivity index (χ0v) is 15.4. The van der Waals surface area contributed by atoms with Gasteiger partial charge in [0.1, 0.15) is 5.82 Å². The molecule has 1 aliphatic rings. The number of piperidine rings is 1. The molecule has 0 spiro atoms. The Morgan fingerprint density at radius 3 is 2.38 bits per heavy atom. The van der Waals surface area contributed by atoms with Crippen LogP contribution in [0.2, 0.25) is 0 Å². The van der Waals surface area contributed by atoms with E-state index in [-0.39, 0.29) is 23.9 Å². The van der Waals surface area contributed by atoms with Crippen molar-refractivity contribution in [1.82, 2.24) is 10.2 Å². The highest BCUT2D eigenvalue weighted by Gasteiger charge is 2.25. The molecule has 1 atom stereocenters. The van der Waals surface area contributed by atoms with Gasteiger partial charge < -0.3 is 15.1 Å². The van der Waals surface area contributed by atoms with Crippen LogP contribution in [-0.2, 0) is 0 Å². The Kier molecular flexibility index (Phi) is 5.76. The number of carbonyl (C=O) groups excluding carboxylic acids is 1. The molecule has 0 aromatic heterocycles. The summed E-state index contributed by atoms with van der Waals surface area (Å²) in [6.07, 6.45) is 1.81. The standard InChI is InChI=1S/C21H26FN3O/c1-16(19-10-6-7-11-20(19)22)24(2)21(26)23-17-12-14-25(15-13-17)18-8-4-3-5-9-18/h3-11,16-17H,12-15H2,1-2H3,(H,23,26). The third-order valence-electron chi connectivity index (χ3n) is 5.20. The van der Waals surface area contributed by atoms with Crippen molar-refractivity contribution >= 4 is 11.7 Å². The number of benzene rings is 2. The number of rotatable bonds is 4. The number of nitrogens with one attached hydrogen (secondary N) is 1. The van der Waals surface area contributed by atoms with Crippen LogP contribution in [0.1, 0.15) is 31.4 Å². The minimum atomic E-state index is -0.319. The van der Waals surface area contributed by atoms with Crippen LogP contribution in [0.25, 0.3) is 0 Å². The SMILES string of the molecule is CC(c1ccccc1F)N(C)C(=O)NC1CCN(c2ccccc2)CC1. The summed E-state index contributed by atoms with van der Waals surface area (Å²) >= 11 is 0. The molecule has 3 rings (SSSR count). The second-order valence-electron chi connectivity index (χ2n) is 6.85. The molecule has 0 aliphatic carbocycles. The molecule has 138 valence electrons. The molecular formula is C21H26FN3O. The lowest BCUT2D eigenvalue weighted by atomic mass is 10.0. The van der Waals surface area contributed by atoms with Crippen molar-refractivity contribution in [2.24, 2.45) is 0 Å². The van der Waals surface area contributed by atoms with Crippen LogP contribution in [0.4, 0.5) is 14.9 Å². The van der Waals surface area contributed by atoms with Gasteiger partial charge in [-0.25, -0.2) is 9.18 Å². The van der Waals surface area contributed by atoms with Crippen LogP contribution in [0.5, 0.6) is 0 Å². The molecular weight excluding hydrogens is 329 g/mol. The molecule has 1 unspecified atom stereocenters. The number of amides is 2. The Labute approximate surface area is 154 Å². The first-order valence-corrected chi connectivity index (χ1v) is 9.14. The fourth-order valence-electron chi connectivity index (χ4n) is 3.40. The molecule has 1 fully saturated rings. The molecule has 2 aromatic carbocycles. The lowest BCUT2D eigenvalue weighted by Gasteiger charge is -2.35. The summed E-state index contributed by atoms with van der Waals surface area (Å²) in [6.45, 7) is 3.68. The number of anilines is 1. The molecule has 0 radical (unpaired) electrons. The Bertz CT molecular complexity index is 729. The molecule has 1 aliphatic heterocycles. The smallest absolute Gasteiger partial charge is 0.317 e. The number of hydrogen-bond donors (Lipinski definition) is 1. The van der Waals surface area contributed by atoms with E-state index in [0.29, 0.717) is 5.56 Å². The van der Waals surface area contributed by atoms with Crippen molar-refractivity contribution in [3.8, 4) is 0 Å². The molecule has 0 saturated carbocycles. The van der Waals surface area contributed by atoms with E-state index in [2.05, 4.69) is 22.3 Å². The van der Waals surface area contributed by atoms with E-state index in [4.69, 9.17) is 0 Å². The van der Waals surface area contributed by atoms with Crippen molar-refractivity contribution in [3.05, 3.63) is 66.0 Å². The average Bonchev–Trinajstić information content (AvgIpc) is 2.68. The maximum absolute atomic E-state index is 14.0. The first kappa shape index (κ1) is 18.2. The van der Waals surface area contributed by atoms with Gasteiger partial charge in [-0.05, 0) is 38.0 Å². The molecule has 1 N–H and O–H groups in total. The van der Waals surface area contributed by atoms with E-state index >= 15 is 0 Å². The number of hydrogen-bond acceptors (Lipinski definition) is 2. The van der Waals surface area contributed by atoms with Gasteiger partial charge in [0.2, 0.25) is 0 Å². The quantitative estimate of drug-likeness (QED) is 0.892. The first-order valence-electron chi connectivity index (χ1n) is 9.14. The number of halogens is 1. The highest BCUT2D eigenvalue weighted by molar-refractivity contribution is 5.74. The fraction of sp³-hybridized carbons (Fsp3) is 0.381. The number of carbonyl (C=O) groups is 1. The lowest BCUT2D eigenvalue weighted by Crippen LogP contribution is -2.48. The lowest BCUT2D eigenvalue weighted by molar-refractivity contribution is 0.187. The summed E-state index contributed by atoms with van der Waals surface area (Å²) in [5.41, 5.74) is 1.76. The third-order valence-corrected chi connectivity index (χ3v) is 5.20. The van der Waals surface area contributed by atoms with Gasteiger partial charge >= 0.3 is 6.03 Å². The summed E-state index contributed by atoms with van der Waals surface area (Å²) in [5, 5.41) is 3.10. The Morgan fingerprint density at radius 2 is 1.73 bits per heavy atom. The molecule has 1 saturated heterocycles. The molecule has 2 aromatic rings. The van der Waals surface area contributed by atoms with Gasteiger partial charge in [-0.15, -0.1) is 0 Å². The van der Waals surface area contributed by atoms with Crippen LogP contribution < -0.4 is 10.2 Å².